The van der Waals surface area contributed by atoms with E-state index in [2.05, 4.69) is 0 Å². The van der Waals surface area contributed by atoms with Crippen LogP contribution in [0.3, 0.4) is 0 Å². The fourth-order valence-corrected chi connectivity index (χ4v) is 1.47. The van der Waals surface area contributed by atoms with E-state index in [1.807, 2.05) is 24.3 Å². The first kappa shape index (κ1) is 11.0. The number of aliphatic hydroxyl groups is 1. The molecule has 1 atom stereocenters. The summed E-state index contributed by atoms with van der Waals surface area (Å²) in [5, 5.41) is 8.87. The first-order valence-corrected chi connectivity index (χ1v) is 4.76. The second kappa shape index (κ2) is 5.62. The fourth-order valence-electron chi connectivity index (χ4n) is 1.47. The number of hydrogen-bond donors (Lipinski definition) is 2. The number of nitrogens with two attached hydrogens (primary N) is 1. The first-order valence-electron chi connectivity index (χ1n) is 4.76. The summed E-state index contributed by atoms with van der Waals surface area (Å²) in [6, 6.07) is 7.81. The van der Waals surface area contributed by atoms with Crippen LogP contribution in [0.5, 0.6) is 5.75 Å². The Hall–Kier alpha value is -1.06. The predicted molar refractivity (Wildman–Crippen MR) is 56.5 cm³/mol. The van der Waals surface area contributed by atoms with Crippen molar-refractivity contribution in [1.29, 1.82) is 0 Å². The second-order valence-corrected chi connectivity index (χ2v) is 3.22. The van der Waals surface area contributed by atoms with Gasteiger partial charge in [0.15, 0.2) is 0 Å². The molecule has 78 valence electrons. The average molecular weight is 195 g/mol. The molecule has 3 heteroatoms. The van der Waals surface area contributed by atoms with Gasteiger partial charge < -0.3 is 15.6 Å². The molecule has 0 heterocycles. The van der Waals surface area contributed by atoms with Gasteiger partial charge in [-0.05, 0) is 36.6 Å². The average Bonchev–Trinajstić information content (AvgIpc) is 2.26. The maximum Gasteiger partial charge on any atom is 0.119 e. The third kappa shape index (κ3) is 2.72. The topological polar surface area (TPSA) is 55.5 Å². The van der Waals surface area contributed by atoms with Gasteiger partial charge in [-0.2, -0.15) is 0 Å². The van der Waals surface area contributed by atoms with E-state index in [0.29, 0.717) is 13.0 Å². The molecular weight excluding hydrogens is 178 g/mol. The van der Waals surface area contributed by atoms with Crippen molar-refractivity contribution >= 4 is 0 Å². The van der Waals surface area contributed by atoms with E-state index in [4.69, 9.17) is 15.6 Å². The maximum atomic E-state index is 8.87. The molecule has 0 aliphatic heterocycles. The summed E-state index contributed by atoms with van der Waals surface area (Å²) in [5.74, 6) is 1.05. The summed E-state index contributed by atoms with van der Waals surface area (Å²) in [6.07, 6.45) is 0.698. The van der Waals surface area contributed by atoms with Crippen LogP contribution in [0.15, 0.2) is 24.3 Å². The highest BCUT2D eigenvalue weighted by atomic mass is 16.5. The van der Waals surface area contributed by atoms with E-state index < -0.39 is 0 Å². The number of methoxy groups -OCH3 is 1. The van der Waals surface area contributed by atoms with Crippen molar-refractivity contribution in [3.05, 3.63) is 29.8 Å². The number of hydrogen-bond acceptors (Lipinski definition) is 3. The van der Waals surface area contributed by atoms with Crippen LogP contribution in [0.2, 0.25) is 0 Å². The molecule has 1 rings (SSSR count). The van der Waals surface area contributed by atoms with Crippen molar-refractivity contribution in [2.24, 2.45) is 5.73 Å². The molecule has 0 spiro atoms. The van der Waals surface area contributed by atoms with Crippen molar-refractivity contribution in [3.63, 3.8) is 0 Å². The Morgan fingerprint density at radius 2 is 2.29 bits per heavy atom. The Labute approximate surface area is 84.5 Å². The van der Waals surface area contributed by atoms with E-state index in [9.17, 15) is 0 Å². The SMILES string of the molecule is COc1cccc(C(CN)CCO)c1. The van der Waals surface area contributed by atoms with E-state index in [1.165, 1.54) is 0 Å². The zero-order chi connectivity index (χ0) is 10.4. The quantitative estimate of drug-likeness (QED) is 0.740. The molecule has 0 saturated heterocycles. The Kier molecular flexibility index (Phi) is 4.43. The van der Waals surface area contributed by atoms with E-state index >= 15 is 0 Å². The van der Waals surface area contributed by atoms with Gasteiger partial charge in [0, 0.05) is 6.61 Å². The molecule has 0 saturated carbocycles. The van der Waals surface area contributed by atoms with Crippen LogP contribution in [0.4, 0.5) is 0 Å². The molecule has 0 aliphatic carbocycles. The van der Waals surface area contributed by atoms with Gasteiger partial charge in [-0.15, -0.1) is 0 Å². The molecule has 0 aromatic heterocycles. The smallest absolute Gasteiger partial charge is 0.119 e. The van der Waals surface area contributed by atoms with Crippen LogP contribution < -0.4 is 10.5 Å². The molecule has 1 aromatic rings. The molecule has 1 unspecified atom stereocenters. The molecule has 0 fully saturated rings. The standard InChI is InChI=1S/C11H17NO2/c1-14-11-4-2-3-9(7-11)10(8-12)5-6-13/h2-4,7,10,13H,5-6,8,12H2,1H3. The van der Waals surface area contributed by atoms with Crippen LogP contribution in [-0.2, 0) is 0 Å². The van der Waals surface area contributed by atoms with Gasteiger partial charge in [0.25, 0.3) is 0 Å². The number of rotatable bonds is 5. The first-order chi connectivity index (χ1) is 6.81. The minimum absolute atomic E-state index is 0.166. The third-order valence-corrected chi connectivity index (χ3v) is 2.33. The lowest BCUT2D eigenvalue weighted by molar-refractivity contribution is 0.276. The van der Waals surface area contributed by atoms with Gasteiger partial charge in [0.2, 0.25) is 0 Å². The summed E-state index contributed by atoms with van der Waals surface area (Å²) in [4.78, 5) is 0. The highest BCUT2D eigenvalue weighted by molar-refractivity contribution is 5.30. The fraction of sp³-hybridized carbons (Fsp3) is 0.455. The van der Waals surface area contributed by atoms with Gasteiger partial charge in [-0.1, -0.05) is 12.1 Å². The molecule has 1 aromatic carbocycles. The molecule has 0 amide bonds. The minimum atomic E-state index is 0.166. The van der Waals surface area contributed by atoms with Gasteiger partial charge in [-0.25, -0.2) is 0 Å². The van der Waals surface area contributed by atoms with Crippen molar-refractivity contribution in [3.8, 4) is 5.75 Å². The zero-order valence-corrected chi connectivity index (χ0v) is 8.44. The van der Waals surface area contributed by atoms with Crippen molar-refractivity contribution in [1.82, 2.24) is 0 Å². The molecule has 0 aliphatic rings. The van der Waals surface area contributed by atoms with E-state index in [0.717, 1.165) is 11.3 Å². The summed E-state index contributed by atoms with van der Waals surface area (Å²) >= 11 is 0. The highest BCUT2D eigenvalue weighted by Crippen LogP contribution is 2.22. The summed E-state index contributed by atoms with van der Waals surface area (Å²) < 4.78 is 5.12. The normalized spacial score (nSPS) is 12.5. The minimum Gasteiger partial charge on any atom is -0.497 e. The highest BCUT2D eigenvalue weighted by Gasteiger charge is 2.09. The lowest BCUT2D eigenvalue weighted by Gasteiger charge is -2.14. The van der Waals surface area contributed by atoms with Gasteiger partial charge in [0.05, 0.1) is 7.11 Å². The molecule has 14 heavy (non-hydrogen) atoms. The Morgan fingerprint density at radius 1 is 1.50 bits per heavy atom. The number of benzene rings is 1. The van der Waals surface area contributed by atoms with Gasteiger partial charge >= 0.3 is 0 Å². The lowest BCUT2D eigenvalue weighted by Crippen LogP contribution is -2.13. The third-order valence-electron chi connectivity index (χ3n) is 2.33. The zero-order valence-electron chi connectivity index (χ0n) is 8.44. The van der Waals surface area contributed by atoms with E-state index in [1.54, 1.807) is 7.11 Å². The van der Waals surface area contributed by atoms with Crippen LogP contribution in [0, 0.1) is 0 Å². The Morgan fingerprint density at radius 3 is 2.86 bits per heavy atom. The largest absolute Gasteiger partial charge is 0.497 e. The lowest BCUT2D eigenvalue weighted by atomic mass is 9.96. The maximum absolute atomic E-state index is 8.87. The number of ether oxygens (including phenoxy) is 1. The van der Waals surface area contributed by atoms with Crippen LogP contribution in [0.1, 0.15) is 17.9 Å². The molecule has 0 bridgehead atoms. The van der Waals surface area contributed by atoms with Crippen molar-refractivity contribution in [2.45, 2.75) is 12.3 Å². The monoisotopic (exact) mass is 195 g/mol. The Balaban J connectivity index is 2.80. The summed E-state index contributed by atoms with van der Waals surface area (Å²) in [5.41, 5.74) is 6.76. The second-order valence-electron chi connectivity index (χ2n) is 3.22. The Bertz CT molecular complexity index is 276. The van der Waals surface area contributed by atoms with Crippen molar-refractivity contribution < 1.29 is 9.84 Å². The van der Waals surface area contributed by atoms with Crippen LogP contribution in [-0.4, -0.2) is 25.4 Å². The van der Waals surface area contributed by atoms with Gasteiger partial charge in [0.1, 0.15) is 5.75 Å². The molecule has 3 N–H and O–H groups in total. The summed E-state index contributed by atoms with van der Waals surface area (Å²) in [6.45, 7) is 0.715. The van der Waals surface area contributed by atoms with Crippen molar-refractivity contribution in [2.75, 3.05) is 20.3 Å². The van der Waals surface area contributed by atoms with E-state index in [-0.39, 0.29) is 12.5 Å². The van der Waals surface area contributed by atoms with Crippen LogP contribution in [0.25, 0.3) is 0 Å². The van der Waals surface area contributed by atoms with Crippen LogP contribution >= 0.6 is 0 Å². The number of aliphatic hydroxyl groups excluding tert-OH is 1. The van der Waals surface area contributed by atoms with Gasteiger partial charge in [-0.3, -0.25) is 0 Å². The molecule has 3 nitrogen and oxygen atoms in total. The molecular formula is C11H17NO2. The molecule has 0 radical (unpaired) electrons. The predicted octanol–water partition coefficient (Wildman–Crippen LogP) is 1.12. The summed E-state index contributed by atoms with van der Waals surface area (Å²) in [7, 11) is 1.64.